The van der Waals surface area contributed by atoms with Crippen LogP contribution < -0.4 is 5.32 Å². The van der Waals surface area contributed by atoms with Crippen LogP contribution in [0.5, 0.6) is 0 Å². The maximum absolute atomic E-state index is 13.9. The summed E-state index contributed by atoms with van der Waals surface area (Å²) in [6, 6.07) is 8.57. The fourth-order valence-corrected chi connectivity index (χ4v) is 4.01. The van der Waals surface area contributed by atoms with Gasteiger partial charge in [0, 0.05) is 11.6 Å². The molecule has 1 fully saturated rings. The number of amides is 1. The fourth-order valence-electron chi connectivity index (χ4n) is 3.17. The molecule has 0 unspecified atom stereocenters. The molecule has 2 heterocycles. The molecule has 4 rings (SSSR count). The average Bonchev–Trinajstić information content (AvgIpc) is 3.36. The van der Waals surface area contributed by atoms with Crippen LogP contribution in [-0.2, 0) is 0 Å². The highest BCUT2D eigenvalue weighted by molar-refractivity contribution is 7.17. The molecule has 128 valence electrons. The zero-order valence-electron chi connectivity index (χ0n) is 13.5. The van der Waals surface area contributed by atoms with Crippen LogP contribution >= 0.6 is 11.3 Å². The smallest absolute Gasteiger partial charge is 0.268 e. The number of nitrogens with one attached hydrogen (secondary N) is 1. The number of carbonyl (C=O) groups excluding carboxylic acids is 1. The summed E-state index contributed by atoms with van der Waals surface area (Å²) in [7, 11) is 0. The summed E-state index contributed by atoms with van der Waals surface area (Å²) in [5.41, 5.74) is 0.405. The largest absolute Gasteiger partial charge is 0.306 e. The average molecular weight is 356 g/mol. The molecule has 1 aromatic carbocycles. The van der Waals surface area contributed by atoms with Gasteiger partial charge in [0.05, 0.1) is 18.4 Å². The third-order valence-electron chi connectivity index (χ3n) is 4.42. The van der Waals surface area contributed by atoms with E-state index in [-0.39, 0.29) is 11.7 Å². The number of hydrogen-bond acceptors (Lipinski definition) is 4. The molecule has 5 nitrogen and oxygen atoms in total. The van der Waals surface area contributed by atoms with E-state index in [2.05, 4.69) is 15.4 Å². The van der Waals surface area contributed by atoms with E-state index in [9.17, 15) is 9.18 Å². The normalized spacial score (nSPS) is 14.8. The molecule has 0 radical (unpaired) electrons. The predicted molar refractivity (Wildman–Crippen MR) is 95.2 cm³/mol. The third kappa shape index (κ3) is 3.19. The molecule has 2 aromatic heterocycles. The van der Waals surface area contributed by atoms with Crippen molar-refractivity contribution in [3.05, 3.63) is 53.4 Å². The number of halogens is 1. The van der Waals surface area contributed by atoms with Gasteiger partial charge in [0.1, 0.15) is 21.5 Å². The molecular weight excluding hydrogens is 339 g/mol. The molecule has 1 amide bonds. The minimum atomic E-state index is -0.344. The Morgan fingerprint density at radius 2 is 2.04 bits per heavy atom. The number of benzene rings is 1. The van der Waals surface area contributed by atoms with Gasteiger partial charge in [0.2, 0.25) is 0 Å². The van der Waals surface area contributed by atoms with Crippen LogP contribution in [0, 0.1) is 5.82 Å². The number of hydrogen-bond donors (Lipinski definition) is 1. The molecule has 0 bridgehead atoms. The highest BCUT2D eigenvalue weighted by Crippen LogP contribution is 2.32. The van der Waals surface area contributed by atoms with Gasteiger partial charge in [0.25, 0.3) is 5.91 Å². The van der Waals surface area contributed by atoms with E-state index in [0.717, 1.165) is 12.8 Å². The first kappa shape index (κ1) is 16.0. The highest BCUT2D eigenvalue weighted by Gasteiger charge is 2.21. The van der Waals surface area contributed by atoms with Gasteiger partial charge in [0.15, 0.2) is 0 Å². The molecule has 1 aliphatic rings. The van der Waals surface area contributed by atoms with Crippen molar-refractivity contribution in [3.8, 4) is 10.6 Å². The van der Waals surface area contributed by atoms with E-state index in [1.54, 1.807) is 30.5 Å². The first-order valence-electron chi connectivity index (χ1n) is 8.28. The lowest BCUT2D eigenvalue weighted by molar-refractivity contribution is 0.102. The van der Waals surface area contributed by atoms with Crippen LogP contribution in [0.2, 0.25) is 0 Å². The van der Waals surface area contributed by atoms with E-state index in [0.29, 0.717) is 27.3 Å². The van der Waals surface area contributed by atoms with E-state index in [4.69, 9.17) is 0 Å². The van der Waals surface area contributed by atoms with Gasteiger partial charge < -0.3 is 5.32 Å². The second-order valence-corrected chi connectivity index (χ2v) is 7.09. The van der Waals surface area contributed by atoms with Crippen LogP contribution in [0.25, 0.3) is 10.6 Å². The van der Waals surface area contributed by atoms with Gasteiger partial charge in [-0.2, -0.15) is 5.10 Å². The monoisotopic (exact) mass is 356 g/mol. The molecule has 25 heavy (non-hydrogen) atoms. The maximum Gasteiger partial charge on any atom is 0.268 e. The zero-order valence-corrected chi connectivity index (χ0v) is 14.3. The summed E-state index contributed by atoms with van der Waals surface area (Å²) in [5, 5.41) is 7.74. The predicted octanol–water partition coefficient (Wildman–Crippen LogP) is 4.51. The van der Waals surface area contributed by atoms with Gasteiger partial charge in [-0.25, -0.2) is 14.1 Å². The van der Waals surface area contributed by atoms with Crippen LogP contribution in [0.15, 0.2) is 42.7 Å². The quantitative estimate of drug-likeness (QED) is 0.748. The summed E-state index contributed by atoms with van der Waals surface area (Å²) >= 11 is 1.18. The molecule has 0 aliphatic heterocycles. The molecule has 1 N–H and O–H groups in total. The van der Waals surface area contributed by atoms with Crippen molar-refractivity contribution in [1.82, 2.24) is 14.8 Å². The van der Waals surface area contributed by atoms with Crippen molar-refractivity contribution in [3.63, 3.8) is 0 Å². The zero-order chi connectivity index (χ0) is 17.2. The summed E-state index contributed by atoms with van der Waals surface area (Å²) in [6.45, 7) is 0. The third-order valence-corrected chi connectivity index (χ3v) is 5.45. The lowest BCUT2D eigenvalue weighted by Crippen LogP contribution is -2.16. The minimum Gasteiger partial charge on any atom is -0.306 e. The first-order valence-corrected chi connectivity index (χ1v) is 9.09. The Morgan fingerprint density at radius 3 is 2.84 bits per heavy atom. The number of aromatic nitrogens is 3. The van der Waals surface area contributed by atoms with Crippen molar-refractivity contribution >= 4 is 23.1 Å². The SMILES string of the molecule is O=C(Nc1ccnn1C1CCCC1)c1cnc(-c2ccccc2F)s1. The topological polar surface area (TPSA) is 59.8 Å². The second kappa shape index (κ2) is 6.76. The molecule has 1 aliphatic carbocycles. The van der Waals surface area contributed by atoms with Crippen molar-refractivity contribution < 1.29 is 9.18 Å². The maximum atomic E-state index is 13.9. The lowest BCUT2D eigenvalue weighted by atomic mass is 10.2. The number of thiazole rings is 1. The summed E-state index contributed by atoms with van der Waals surface area (Å²) < 4.78 is 15.8. The number of carbonyl (C=O) groups is 1. The van der Waals surface area contributed by atoms with Gasteiger partial charge in [-0.3, -0.25) is 4.79 Å². The minimum absolute atomic E-state index is 0.250. The van der Waals surface area contributed by atoms with Crippen LogP contribution in [-0.4, -0.2) is 20.7 Å². The number of anilines is 1. The molecule has 7 heteroatoms. The van der Waals surface area contributed by atoms with Gasteiger partial charge in [-0.05, 0) is 25.0 Å². The molecular formula is C18H17FN4OS. The second-order valence-electron chi connectivity index (χ2n) is 6.06. The summed E-state index contributed by atoms with van der Waals surface area (Å²) in [5.74, 6) is 0.0979. The summed E-state index contributed by atoms with van der Waals surface area (Å²) in [6.07, 6.45) is 7.74. The number of nitrogens with zero attached hydrogens (tertiary/aromatic N) is 3. The Morgan fingerprint density at radius 1 is 1.24 bits per heavy atom. The molecule has 0 atom stereocenters. The number of rotatable bonds is 4. The van der Waals surface area contributed by atoms with Crippen molar-refractivity contribution in [1.29, 1.82) is 0 Å². The van der Waals surface area contributed by atoms with Gasteiger partial charge in [-0.1, -0.05) is 25.0 Å². The molecule has 0 saturated heterocycles. The highest BCUT2D eigenvalue weighted by atomic mass is 32.1. The Kier molecular flexibility index (Phi) is 4.31. The van der Waals surface area contributed by atoms with E-state index in [1.807, 2.05) is 4.68 Å². The van der Waals surface area contributed by atoms with Crippen molar-refractivity contribution in [2.75, 3.05) is 5.32 Å². The fraction of sp³-hybridized carbons (Fsp3) is 0.278. The van der Waals surface area contributed by atoms with E-state index in [1.165, 1.54) is 36.4 Å². The Balaban J connectivity index is 1.53. The van der Waals surface area contributed by atoms with Gasteiger partial charge in [-0.15, -0.1) is 11.3 Å². The Labute approximate surface area is 148 Å². The Bertz CT molecular complexity index is 898. The van der Waals surface area contributed by atoms with Crippen LogP contribution in [0.4, 0.5) is 10.2 Å². The van der Waals surface area contributed by atoms with E-state index >= 15 is 0 Å². The molecule has 0 spiro atoms. The van der Waals surface area contributed by atoms with Crippen molar-refractivity contribution in [2.24, 2.45) is 0 Å². The van der Waals surface area contributed by atoms with Crippen molar-refractivity contribution in [2.45, 2.75) is 31.7 Å². The Hall–Kier alpha value is -2.54. The standard InChI is InChI=1S/C18H17FN4OS/c19-14-8-4-3-7-13(14)18-20-11-15(25-18)17(24)22-16-9-10-21-23(16)12-5-1-2-6-12/h3-4,7-12H,1-2,5-6H2,(H,22,24). The van der Waals surface area contributed by atoms with Crippen LogP contribution in [0.1, 0.15) is 41.4 Å². The van der Waals surface area contributed by atoms with Gasteiger partial charge >= 0.3 is 0 Å². The first-order chi connectivity index (χ1) is 12.2. The molecule has 3 aromatic rings. The van der Waals surface area contributed by atoms with E-state index < -0.39 is 0 Å². The molecule has 1 saturated carbocycles. The summed E-state index contributed by atoms with van der Waals surface area (Å²) in [4.78, 5) is 17.2. The lowest BCUT2D eigenvalue weighted by Gasteiger charge is -2.14. The van der Waals surface area contributed by atoms with Crippen LogP contribution in [0.3, 0.4) is 0 Å².